The first-order chi connectivity index (χ1) is 30.8. The molecule has 0 atom stereocenters. The lowest BCUT2D eigenvalue weighted by Crippen LogP contribution is -2.01. The van der Waals surface area contributed by atoms with Crippen molar-refractivity contribution in [3.63, 3.8) is 0 Å². The van der Waals surface area contributed by atoms with E-state index >= 15 is 0 Å². The second kappa shape index (κ2) is 14.7. The number of nitrogens with zero attached hydrogens (tertiary/aromatic N) is 3. The highest BCUT2D eigenvalue weighted by molar-refractivity contribution is 6.21. The zero-order valence-electron chi connectivity index (χ0n) is 33.4. The summed E-state index contributed by atoms with van der Waals surface area (Å²) in [7, 11) is 0. The summed E-state index contributed by atoms with van der Waals surface area (Å²) >= 11 is 0. The zero-order valence-corrected chi connectivity index (χ0v) is 33.4. The second-order valence-electron chi connectivity index (χ2n) is 15.4. The summed E-state index contributed by atoms with van der Waals surface area (Å²) in [5.74, 6) is 1.66. The van der Waals surface area contributed by atoms with Gasteiger partial charge in [-0.15, -0.1) is 0 Å². The van der Waals surface area contributed by atoms with Gasteiger partial charge < -0.3 is 8.83 Å². The third-order valence-electron chi connectivity index (χ3n) is 11.8. The summed E-state index contributed by atoms with van der Waals surface area (Å²) in [6, 6.07) is 73.1. The van der Waals surface area contributed by atoms with Crippen LogP contribution < -0.4 is 0 Å². The van der Waals surface area contributed by atoms with Crippen molar-refractivity contribution >= 4 is 43.9 Å². The van der Waals surface area contributed by atoms with Gasteiger partial charge in [0.1, 0.15) is 22.3 Å². The maximum Gasteiger partial charge on any atom is 0.164 e. The Morgan fingerprint density at radius 2 is 0.565 bits per heavy atom. The number of hydrogen-bond donors (Lipinski definition) is 0. The Hall–Kier alpha value is -8.41. The van der Waals surface area contributed by atoms with E-state index in [4.69, 9.17) is 23.8 Å². The molecular formula is C57H35N3O2. The lowest BCUT2D eigenvalue weighted by atomic mass is 9.89. The maximum atomic E-state index is 6.71. The fraction of sp³-hybridized carbons (Fsp3) is 0. The largest absolute Gasteiger partial charge is 0.456 e. The summed E-state index contributed by atoms with van der Waals surface area (Å²) in [5.41, 5.74) is 14.5. The van der Waals surface area contributed by atoms with Crippen LogP contribution in [0.5, 0.6) is 0 Å². The molecule has 3 aromatic heterocycles. The average molecular weight is 794 g/mol. The van der Waals surface area contributed by atoms with E-state index < -0.39 is 0 Å². The molecule has 62 heavy (non-hydrogen) atoms. The molecule has 0 saturated carbocycles. The molecule has 12 aromatic rings. The van der Waals surface area contributed by atoms with Crippen LogP contribution in [0.15, 0.2) is 221 Å². The highest BCUT2D eigenvalue weighted by Crippen LogP contribution is 2.48. The van der Waals surface area contributed by atoms with E-state index in [2.05, 4.69) is 158 Å². The Kier molecular flexibility index (Phi) is 8.42. The van der Waals surface area contributed by atoms with Crippen LogP contribution in [0.4, 0.5) is 0 Å². The first-order valence-corrected chi connectivity index (χ1v) is 20.8. The van der Waals surface area contributed by atoms with Gasteiger partial charge >= 0.3 is 0 Å². The molecular weight excluding hydrogens is 759 g/mol. The highest BCUT2D eigenvalue weighted by Gasteiger charge is 2.25. The van der Waals surface area contributed by atoms with Gasteiger partial charge in [-0.05, 0) is 57.6 Å². The lowest BCUT2D eigenvalue weighted by molar-refractivity contribution is 0.668. The molecule has 3 heterocycles. The Labute approximate surface area is 357 Å². The third kappa shape index (κ3) is 5.90. The normalized spacial score (nSPS) is 11.5. The summed E-state index contributed by atoms with van der Waals surface area (Å²) in [5, 5.41) is 3.91. The van der Waals surface area contributed by atoms with E-state index in [-0.39, 0.29) is 0 Å². The van der Waals surface area contributed by atoms with Gasteiger partial charge in [0.05, 0.1) is 0 Å². The molecule has 12 rings (SSSR count). The molecule has 0 unspecified atom stereocenters. The van der Waals surface area contributed by atoms with Gasteiger partial charge in [0.15, 0.2) is 17.5 Å². The molecule has 0 radical (unpaired) electrons. The van der Waals surface area contributed by atoms with Crippen LogP contribution in [-0.4, -0.2) is 15.0 Å². The van der Waals surface area contributed by atoms with Crippen LogP contribution in [0.25, 0.3) is 123 Å². The SMILES string of the molecule is c1ccc(-c2nc(-c3cccc4oc5ccc(-c6ccccc6)c(-c6ccccc6)c5c34)nc(-c3cccc4oc5ccc(-c6ccccc6)c(-c6ccccc6)c5c34)n2)cc1. The highest BCUT2D eigenvalue weighted by atomic mass is 16.3. The first-order valence-electron chi connectivity index (χ1n) is 20.8. The summed E-state index contributed by atoms with van der Waals surface area (Å²) in [6.07, 6.45) is 0. The van der Waals surface area contributed by atoms with E-state index in [1.807, 2.05) is 54.6 Å². The van der Waals surface area contributed by atoms with E-state index in [1.54, 1.807) is 0 Å². The van der Waals surface area contributed by atoms with Gasteiger partial charge in [-0.1, -0.05) is 188 Å². The van der Waals surface area contributed by atoms with Crippen molar-refractivity contribution in [1.82, 2.24) is 15.0 Å². The van der Waals surface area contributed by atoms with Crippen LogP contribution in [0.2, 0.25) is 0 Å². The maximum absolute atomic E-state index is 6.71. The smallest absolute Gasteiger partial charge is 0.164 e. The fourth-order valence-corrected chi connectivity index (χ4v) is 9.05. The van der Waals surface area contributed by atoms with Gasteiger partial charge in [-0.2, -0.15) is 0 Å². The minimum Gasteiger partial charge on any atom is -0.456 e. The molecule has 9 aromatic carbocycles. The minimum atomic E-state index is 0.546. The Bertz CT molecular complexity index is 3380. The van der Waals surface area contributed by atoms with Crippen LogP contribution >= 0.6 is 0 Å². The van der Waals surface area contributed by atoms with Gasteiger partial charge in [0, 0.05) is 49.4 Å². The molecule has 5 heteroatoms. The van der Waals surface area contributed by atoms with Crippen LogP contribution in [0.3, 0.4) is 0 Å². The van der Waals surface area contributed by atoms with Gasteiger partial charge in [-0.3, -0.25) is 0 Å². The first kappa shape index (κ1) is 35.5. The number of fused-ring (bicyclic) bond motifs is 6. The third-order valence-corrected chi connectivity index (χ3v) is 11.8. The molecule has 0 N–H and O–H groups in total. The van der Waals surface area contributed by atoms with Gasteiger partial charge in [0.2, 0.25) is 0 Å². The molecule has 0 amide bonds. The molecule has 0 aliphatic rings. The number of hydrogen-bond acceptors (Lipinski definition) is 5. The predicted molar refractivity (Wildman–Crippen MR) is 252 cm³/mol. The molecule has 5 nitrogen and oxygen atoms in total. The standard InChI is InChI=1S/C57H35N3O2/c1-6-18-36(19-7-1)41-32-34-47-53(49(41)38-22-10-3-11-23-38)51-43(28-16-30-45(51)61-47)56-58-55(40-26-14-5-15-27-40)59-57(60-56)44-29-17-31-46-52(44)54-48(62-46)35-33-42(37-20-8-2-9-21-37)50(54)39-24-12-4-13-25-39/h1-35H. The van der Waals surface area contributed by atoms with E-state index in [0.717, 1.165) is 105 Å². The van der Waals surface area contributed by atoms with E-state index in [9.17, 15) is 0 Å². The summed E-state index contributed by atoms with van der Waals surface area (Å²) in [6.45, 7) is 0. The van der Waals surface area contributed by atoms with Crippen LogP contribution in [0, 0.1) is 0 Å². The zero-order chi connectivity index (χ0) is 41.0. The quantitative estimate of drug-likeness (QED) is 0.161. The predicted octanol–water partition coefficient (Wildman–Crippen LogP) is 15.3. The molecule has 0 bridgehead atoms. The number of benzene rings is 9. The molecule has 290 valence electrons. The molecule has 0 saturated heterocycles. The summed E-state index contributed by atoms with van der Waals surface area (Å²) in [4.78, 5) is 16.0. The number of aromatic nitrogens is 3. The fourth-order valence-electron chi connectivity index (χ4n) is 9.05. The minimum absolute atomic E-state index is 0.546. The number of rotatable bonds is 7. The van der Waals surface area contributed by atoms with Crippen molar-refractivity contribution in [3.05, 3.63) is 212 Å². The van der Waals surface area contributed by atoms with Crippen molar-refractivity contribution in [2.45, 2.75) is 0 Å². The van der Waals surface area contributed by atoms with Gasteiger partial charge in [0.25, 0.3) is 0 Å². The van der Waals surface area contributed by atoms with Crippen molar-refractivity contribution in [3.8, 4) is 78.7 Å². The van der Waals surface area contributed by atoms with Crippen LogP contribution in [-0.2, 0) is 0 Å². The molecule has 0 fully saturated rings. The van der Waals surface area contributed by atoms with Gasteiger partial charge in [-0.25, -0.2) is 15.0 Å². The van der Waals surface area contributed by atoms with E-state index in [0.29, 0.717) is 17.5 Å². The van der Waals surface area contributed by atoms with E-state index in [1.165, 1.54) is 0 Å². The average Bonchev–Trinajstić information content (AvgIpc) is 3.93. The summed E-state index contributed by atoms with van der Waals surface area (Å²) < 4.78 is 13.4. The lowest BCUT2D eigenvalue weighted by Gasteiger charge is -2.14. The Balaban J connectivity index is 1.17. The molecule has 0 aliphatic carbocycles. The number of furan rings is 2. The monoisotopic (exact) mass is 793 g/mol. The second-order valence-corrected chi connectivity index (χ2v) is 15.4. The van der Waals surface area contributed by atoms with Crippen molar-refractivity contribution in [2.75, 3.05) is 0 Å². The Morgan fingerprint density at radius 1 is 0.226 bits per heavy atom. The topological polar surface area (TPSA) is 65.0 Å². The van der Waals surface area contributed by atoms with Crippen LogP contribution in [0.1, 0.15) is 0 Å². The Morgan fingerprint density at radius 3 is 0.968 bits per heavy atom. The van der Waals surface area contributed by atoms with Crippen molar-refractivity contribution in [2.24, 2.45) is 0 Å². The molecule has 0 spiro atoms. The molecule has 0 aliphatic heterocycles. The van der Waals surface area contributed by atoms with Crippen molar-refractivity contribution < 1.29 is 8.83 Å². The van der Waals surface area contributed by atoms with Crippen molar-refractivity contribution in [1.29, 1.82) is 0 Å².